The van der Waals surface area contributed by atoms with Gasteiger partial charge in [-0.05, 0) is 39.0 Å². The highest BCUT2D eigenvalue weighted by atomic mass is 79.9. The average molecular weight is 286 g/mol. The Labute approximate surface area is 104 Å². The van der Waals surface area contributed by atoms with Crippen molar-refractivity contribution in [3.63, 3.8) is 0 Å². The molecule has 3 nitrogen and oxygen atoms in total. The van der Waals surface area contributed by atoms with Crippen LogP contribution >= 0.6 is 15.9 Å². The maximum Gasteiger partial charge on any atom is 0.252 e. The van der Waals surface area contributed by atoms with Crippen LogP contribution in [0.25, 0.3) is 0 Å². The normalized spacial score (nSPS) is 11.3. The average Bonchev–Trinajstić information content (AvgIpc) is 2.14. The molecule has 1 aromatic rings. The van der Waals surface area contributed by atoms with Crippen LogP contribution in [0.15, 0.2) is 16.6 Å². The molecule has 16 heavy (non-hydrogen) atoms. The van der Waals surface area contributed by atoms with Gasteiger partial charge in [-0.2, -0.15) is 0 Å². The maximum absolute atomic E-state index is 11.3. The zero-order valence-corrected chi connectivity index (χ0v) is 11.5. The molecule has 0 spiro atoms. The standard InChI is InChI=1S/C12H16BrNO2/c1-12(2,3)7-5-8(11(14)15)10(16-4)9(13)6-7/h5-6H,1-4H3,(H2,14,15). The summed E-state index contributed by atoms with van der Waals surface area (Å²) < 4.78 is 5.90. The van der Waals surface area contributed by atoms with Gasteiger partial charge in [-0.15, -0.1) is 0 Å². The lowest BCUT2D eigenvalue weighted by atomic mass is 9.86. The van der Waals surface area contributed by atoms with E-state index < -0.39 is 5.91 Å². The van der Waals surface area contributed by atoms with Crippen LogP contribution in [0.1, 0.15) is 36.7 Å². The van der Waals surface area contributed by atoms with E-state index in [0.29, 0.717) is 11.3 Å². The summed E-state index contributed by atoms with van der Waals surface area (Å²) in [5.41, 5.74) is 6.73. The van der Waals surface area contributed by atoms with Gasteiger partial charge in [-0.1, -0.05) is 20.8 Å². The highest BCUT2D eigenvalue weighted by Crippen LogP contribution is 2.34. The topological polar surface area (TPSA) is 52.3 Å². The summed E-state index contributed by atoms with van der Waals surface area (Å²) in [5.74, 6) is 0.00384. The van der Waals surface area contributed by atoms with Crippen molar-refractivity contribution in [2.24, 2.45) is 5.73 Å². The first-order chi connectivity index (χ1) is 7.27. The predicted molar refractivity (Wildman–Crippen MR) is 67.9 cm³/mol. The smallest absolute Gasteiger partial charge is 0.252 e. The molecule has 0 bridgehead atoms. The van der Waals surface area contributed by atoms with Crippen LogP contribution in [0.2, 0.25) is 0 Å². The third-order valence-electron chi connectivity index (χ3n) is 2.38. The minimum absolute atomic E-state index is 0.0427. The Kier molecular flexibility index (Phi) is 3.63. The highest BCUT2D eigenvalue weighted by Gasteiger charge is 2.20. The van der Waals surface area contributed by atoms with Gasteiger partial charge in [-0.25, -0.2) is 0 Å². The molecule has 2 N–H and O–H groups in total. The number of hydrogen-bond acceptors (Lipinski definition) is 2. The Morgan fingerprint density at radius 1 is 1.38 bits per heavy atom. The number of methoxy groups -OCH3 is 1. The summed E-state index contributed by atoms with van der Waals surface area (Å²) in [6.07, 6.45) is 0. The fraction of sp³-hybridized carbons (Fsp3) is 0.417. The van der Waals surface area contributed by atoms with Crippen molar-refractivity contribution in [3.8, 4) is 5.75 Å². The Bertz CT molecular complexity index is 422. The van der Waals surface area contributed by atoms with Gasteiger partial charge in [0.15, 0.2) is 0 Å². The third kappa shape index (κ3) is 2.55. The molecule has 0 heterocycles. The van der Waals surface area contributed by atoms with Gasteiger partial charge >= 0.3 is 0 Å². The number of halogens is 1. The largest absolute Gasteiger partial charge is 0.495 e. The summed E-state index contributed by atoms with van der Waals surface area (Å²) in [5, 5.41) is 0. The van der Waals surface area contributed by atoms with Gasteiger partial charge in [0.25, 0.3) is 5.91 Å². The molecule has 0 aliphatic heterocycles. The van der Waals surface area contributed by atoms with E-state index in [-0.39, 0.29) is 5.41 Å². The number of carbonyl (C=O) groups is 1. The Hall–Kier alpha value is -1.03. The lowest BCUT2D eigenvalue weighted by Crippen LogP contribution is -2.17. The molecular weight excluding hydrogens is 270 g/mol. The van der Waals surface area contributed by atoms with Crippen LogP contribution in [0, 0.1) is 0 Å². The summed E-state index contributed by atoms with van der Waals surface area (Å²) in [6.45, 7) is 6.23. The zero-order valence-electron chi connectivity index (χ0n) is 9.93. The maximum atomic E-state index is 11.3. The van der Waals surface area contributed by atoms with E-state index in [4.69, 9.17) is 10.5 Å². The molecule has 0 fully saturated rings. The van der Waals surface area contributed by atoms with Crippen molar-refractivity contribution in [1.29, 1.82) is 0 Å². The fourth-order valence-electron chi connectivity index (χ4n) is 1.42. The number of primary amides is 1. The van der Waals surface area contributed by atoms with Gasteiger partial charge in [0.05, 0.1) is 17.1 Å². The molecule has 4 heteroatoms. The summed E-state index contributed by atoms with van der Waals surface area (Å²) in [4.78, 5) is 11.3. The van der Waals surface area contributed by atoms with Crippen molar-refractivity contribution >= 4 is 21.8 Å². The molecule has 1 rings (SSSR count). The summed E-state index contributed by atoms with van der Waals surface area (Å²) in [6, 6.07) is 3.73. The van der Waals surface area contributed by atoms with Crippen LogP contribution in [0.3, 0.4) is 0 Å². The molecule has 88 valence electrons. The van der Waals surface area contributed by atoms with Crippen molar-refractivity contribution in [3.05, 3.63) is 27.7 Å². The molecule has 0 aliphatic rings. The van der Waals surface area contributed by atoms with Crippen LogP contribution in [0.4, 0.5) is 0 Å². The van der Waals surface area contributed by atoms with E-state index in [1.807, 2.05) is 6.07 Å². The molecule has 0 aliphatic carbocycles. The Morgan fingerprint density at radius 3 is 2.31 bits per heavy atom. The van der Waals surface area contributed by atoms with Gasteiger partial charge < -0.3 is 10.5 Å². The number of rotatable bonds is 2. The van der Waals surface area contributed by atoms with Gasteiger partial charge in [0.2, 0.25) is 0 Å². The fourth-order valence-corrected chi connectivity index (χ4v) is 2.04. The SMILES string of the molecule is COc1c(Br)cc(C(C)(C)C)cc1C(N)=O. The molecule has 1 amide bonds. The molecule has 0 aromatic heterocycles. The van der Waals surface area contributed by atoms with E-state index in [1.54, 1.807) is 6.07 Å². The number of amides is 1. The number of ether oxygens (including phenoxy) is 1. The molecule has 0 unspecified atom stereocenters. The van der Waals surface area contributed by atoms with Gasteiger partial charge in [0, 0.05) is 0 Å². The van der Waals surface area contributed by atoms with E-state index in [9.17, 15) is 4.79 Å². The van der Waals surface area contributed by atoms with Crippen LogP contribution in [0.5, 0.6) is 5.75 Å². The predicted octanol–water partition coefficient (Wildman–Crippen LogP) is 2.85. The van der Waals surface area contributed by atoms with E-state index in [1.165, 1.54) is 7.11 Å². The molecular formula is C12H16BrNO2. The minimum atomic E-state index is -0.483. The molecule has 0 saturated heterocycles. The van der Waals surface area contributed by atoms with E-state index >= 15 is 0 Å². The lowest BCUT2D eigenvalue weighted by molar-refractivity contribution is 0.0997. The second-order valence-electron chi connectivity index (χ2n) is 4.65. The molecule has 0 saturated carbocycles. The number of hydrogen-bond donors (Lipinski definition) is 1. The first-order valence-electron chi connectivity index (χ1n) is 4.95. The lowest BCUT2D eigenvalue weighted by Gasteiger charge is -2.21. The third-order valence-corrected chi connectivity index (χ3v) is 2.97. The number of benzene rings is 1. The summed E-state index contributed by atoms with van der Waals surface area (Å²) >= 11 is 3.39. The highest BCUT2D eigenvalue weighted by molar-refractivity contribution is 9.10. The Balaban J connectivity index is 3.46. The number of carbonyl (C=O) groups excluding carboxylic acids is 1. The van der Waals surface area contributed by atoms with E-state index in [2.05, 4.69) is 36.7 Å². The first kappa shape index (κ1) is 13.0. The van der Waals surface area contributed by atoms with Gasteiger partial charge in [-0.3, -0.25) is 4.79 Å². The number of nitrogens with two attached hydrogens (primary N) is 1. The zero-order chi connectivity index (χ0) is 12.5. The summed E-state index contributed by atoms with van der Waals surface area (Å²) in [7, 11) is 1.52. The first-order valence-corrected chi connectivity index (χ1v) is 5.74. The van der Waals surface area contributed by atoms with Crippen molar-refractivity contribution in [2.45, 2.75) is 26.2 Å². The molecule has 0 atom stereocenters. The Morgan fingerprint density at radius 2 is 1.94 bits per heavy atom. The van der Waals surface area contributed by atoms with Crippen molar-refractivity contribution < 1.29 is 9.53 Å². The van der Waals surface area contributed by atoms with Crippen LogP contribution in [-0.4, -0.2) is 13.0 Å². The van der Waals surface area contributed by atoms with Gasteiger partial charge in [0.1, 0.15) is 5.75 Å². The minimum Gasteiger partial charge on any atom is -0.495 e. The van der Waals surface area contributed by atoms with Crippen LogP contribution in [-0.2, 0) is 5.41 Å². The molecule has 0 radical (unpaired) electrons. The molecule has 1 aromatic carbocycles. The second kappa shape index (κ2) is 4.45. The second-order valence-corrected chi connectivity index (χ2v) is 5.51. The van der Waals surface area contributed by atoms with Crippen molar-refractivity contribution in [2.75, 3.05) is 7.11 Å². The van der Waals surface area contributed by atoms with Crippen molar-refractivity contribution in [1.82, 2.24) is 0 Å². The monoisotopic (exact) mass is 285 g/mol. The van der Waals surface area contributed by atoms with E-state index in [0.717, 1.165) is 10.0 Å². The van der Waals surface area contributed by atoms with Crippen LogP contribution < -0.4 is 10.5 Å². The quantitative estimate of drug-likeness (QED) is 0.908.